The lowest BCUT2D eigenvalue weighted by atomic mass is 9.90. The number of unbranched alkanes of at least 4 members (excludes halogenated alkanes) is 2. The summed E-state index contributed by atoms with van der Waals surface area (Å²) in [5, 5.41) is 11.0. The van der Waals surface area contributed by atoms with Gasteiger partial charge in [-0.2, -0.15) is 0 Å². The minimum absolute atomic E-state index is 0.0368. The van der Waals surface area contributed by atoms with Crippen LogP contribution in [-0.4, -0.2) is 154 Å². The fourth-order valence-corrected chi connectivity index (χ4v) is 5.76. The van der Waals surface area contributed by atoms with Gasteiger partial charge in [-0.1, -0.05) is 39.5 Å². The van der Waals surface area contributed by atoms with Gasteiger partial charge in [0.05, 0.1) is 63.7 Å². The number of ketones is 2. The Bertz CT molecular complexity index is 1180. The van der Waals surface area contributed by atoms with Crippen LogP contribution in [0.15, 0.2) is 75.9 Å². The molecule has 0 atom stereocenters. The first kappa shape index (κ1) is 60.4. The van der Waals surface area contributed by atoms with Crippen LogP contribution in [0.5, 0.6) is 0 Å². The standard InChI is InChI=1S/C48H78N4O13/c1-7-41(53)21-13-15-27-59-33-47(35-61-29-17-23-49-43(55)9-3,36-62-30-18-24-50-44(56)10-4)39-65-40-48(34-60-28-16-14-22-42(54)8-2,37-63-31-19-25-51-45(57)11-5)38-64-32-20-26-52-46(58)12-6/h7-12H,1-6,13-40H2,(H,49,55)(H,50,56)(H,51,57)(H,52,58). The third-order valence-corrected chi connectivity index (χ3v) is 9.45. The summed E-state index contributed by atoms with van der Waals surface area (Å²) in [5.41, 5.74) is -1.69. The molecular formula is C48H78N4O13. The van der Waals surface area contributed by atoms with Crippen molar-refractivity contribution in [2.75, 3.05) is 119 Å². The topological polar surface area (TPSA) is 215 Å². The molecule has 0 aromatic heterocycles. The molecule has 0 aromatic rings. The minimum Gasteiger partial charge on any atom is -0.381 e. The maximum atomic E-state index is 11.8. The molecule has 4 N–H and O–H groups in total. The number of ether oxygens (including phenoxy) is 7. The van der Waals surface area contributed by atoms with E-state index in [9.17, 15) is 28.8 Å². The van der Waals surface area contributed by atoms with Crippen LogP contribution in [0.25, 0.3) is 0 Å². The van der Waals surface area contributed by atoms with Crippen molar-refractivity contribution < 1.29 is 61.9 Å². The largest absolute Gasteiger partial charge is 0.381 e. The van der Waals surface area contributed by atoms with Crippen LogP contribution in [0.1, 0.15) is 64.2 Å². The molecule has 0 heterocycles. The van der Waals surface area contributed by atoms with Crippen LogP contribution in [0, 0.1) is 10.8 Å². The summed E-state index contributed by atoms with van der Waals surface area (Å²) in [6.07, 6.45) is 12.8. The number of carbonyl (C=O) groups excluding carboxylic acids is 6. The normalized spacial score (nSPS) is 11.2. The highest BCUT2D eigenvalue weighted by Gasteiger charge is 2.37. The van der Waals surface area contributed by atoms with E-state index >= 15 is 0 Å². The maximum Gasteiger partial charge on any atom is 0.243 e. The monoisotopic (exact) mass is 919 g/mol. The molecule has 368 valence electrons. The number of carbonyl (C=O) groups is 6. The summed E-state index contributed by atoms with van der Waals surface area (Å²) < 4.78 is 44.0. The Labute approximate surface area is 387 Å². The maximum absolute atomic E-state index is 11.8. The van der Waals surface area contributed by atoms with Gasteiger partial charge < -0.3 is 54.4 Å². The SMILES string of the molecule is C=CC(=O)CCCCOCC(COCCCNC(=O)C=C)(COCCCNC(=O)C=C)COCC(COCCCCC(=O)C=C)(COCCCNC(=O)C=C)COCCCNC(=O)C=C. The molecule has 0 fully saturated rings. The van der Waals surface area contributed by atoms with E-state index in [1.54, 1.807) is 0 Å². The van der Waals surface area contributed by atoms with Crippen molar-refractivity contribution in [3.63, 3.8) is 0 Å². The Morgan fingerprint density at radius 3 is 0.785 bits per heavy atom. The molecule has 0 rings (SSSR count). The molecule has 65 heavy (non-hydrogen) atoms. The molecule has 17 heteroatoms. The van der Waals surface area contributed by atoms with Crippen molar-refractivity contribution >= 4 is 35.2 Å². The lowest BCUT2D eigenvalue weighted by molar-refractivity contribution is -0.143. The van der Waals surface area contributed by atoms with E-state index in [0.717, 1.165) is 0 Å². The van der Waals surface area contributed by atoms with Crippen molar-refractivity contribution in [2.24, 2.45) is 10.8 Å². The third-order valence-electron chi connectivity index (χ3n) is 9.45. The summed E-state index contributed by atoms with van der Waals surface area (Å²) in [6.45, 7) is 25.8. The lowest BCUT2D eigenvalue weighted by Crippen LogP contribution is -2.46. The second kappa shape index (κ2) is 40.9. The molecule has 0 saturated carbocycles. The molecule has 0 saturated heterocycles. The van der Waals surface area contributed by atoms with E-state index in [-0.39, 0.29) is 88.1 Å². The molecule has 0 unspecified atom stereocenters. The van der Waals surface area contributed by atoms with Crippen molar-refractivity contribution in [1.29, 1.82) is 0 Å². The van der Waals surface area contributed by atoms with Crippen molar-refractivity contribution in [2.45, 2.75) is 64.2 Å². The molecule has 0 spiro atoms. The van der Waals surface area contributed by atoms with Gasteiger partial charge in [0.2, 0.25) is 23.6 Å². The third kappa shape index (κ3) is 34.4. The minimum atomic E-state index is -0.843. The van der Waals surface area contributed by atoms with Gasteiger partial charge in [0, 0.05) is 78.7 Å². The molecule has 0 bridgehead atoms. The number of nitrogens with one attached hydrogen (secondary N) is 4. The summed E-state index contributed by atoms with van der Waals surface area (Å²) in [5.74, 6) is -1.20. The highest BCUT2D eigenvalue weighted by atomic mass is 16.5. The van der Waals surface area contributed by atoms with Crippen LogP contribution in [0.4, 0.5) is 0 Å². The molecule has 0 radical (unpaired) electrons. The Balaban J connectivity index is 6.47. The summed E-state index contributed by atoms with van der Waals surface area (Å²) in [6, 6.07) is 0. The average molecular weight is 919 g/mol. The zero-order valence-corrected chi connectivity index (χ0v) is 38.8. The van der Waals surface area contributed by atoms with Gasteiger partial charge in [0.15, 0.2) is 11.6 Å². The van der Waals surface area contributed by atoms with E-state index in [2.05, 4.69) is 60.7 Å². The first-order valence-corrected chi connectivity index (χ1v) is 22.4. The van der Waals surface area contributed by atoms with E-state index in [1.165, 1.54) is 36.5 Å². The zero-order chi connectivity index (χ0) is 48.3. The fourth-order valence-electron chi connectivity index (χ4n) is 5.76. The number of allylic oxidation sites excluding steroid dienone is 2. The number of amides is 4. The first-order chi connectivity index (χ1) is 31.4. The van der Waals surface area contributed by atoms with E-state index < -0.39 is 10.8 Å². The predicted octanol–water partition coefficient (Wildman–Crippen LogP) is 3.70. The molecule has 0 aromatic carbocycles. The Kier molecular flexibility index (Phi) is 38.0. The van der Waals surface area contributed by atoms with E-state index in [0.29, 0.717) is 130 Å². The highest BCUT2D eigenvalue weighted by molar-refractivity contribution is 5.89. The van der Waals surface area contributed by atoms with Gasteiger partial charge in [-0.25, -0.2) is 0 Å². The Hall–Kier alpha value is -4.62. The van der Waals surface area contributed by atoms with Crippen molar-refractivity contribution in [3.8, 4) is 0 Å². The van der Waals surface area contributed by atoms with Crippen LogP contribution < -0.4 is 21.3 Å². The predicted molar refractivity (Wildman–Crippen MR) is 250 cm³/mol. The smallest absolute Gasteiger partial charge is 0.243 e. The van der Waals surface area contributed by atoms with Gasteiger partial charge in [-0.3, -0.25) is 28.8 Å². The summed E-state index contributed by atoms with van der Waals surface area (Å²) in [4.78, 5) is 70.4. The van der Waals surface area contributed by atoms with Gasteiger partial charge in [0.1, 0.15) is 0 Å². The number of rotatable bonds is 48. The van der Waals surface area contributed by atoms with Gasteiger partial charge in [0.25, 0.3) is 0 Å². The van der Waals surface area contributed by atoms with Crippen molar-refractivity contribution in [3.05, 3.63) is 75.9 Å². The quantitative estimate of drug-likeness (QED) is 0.0507. The van der Waals surface area contributed by atoms with Gasteiger partial charge in [-0.05, 0) is 87.8 Å². The summed E-state index contributed by atoms with van der Waals surface area (Å²) >= 11 is 0. The lowest BCUT2D eigenvalue weighted by Gasteiger charge is -2.37. The number of hydrogen-bond acceptors (Lipinski definition) is 13. The summed E-state index contributed by atoms with van der Waals surface area (Å²) in [7, 11) is 0. The highest BCUT2D eigenvalue weighted by Crippen LogP contribution is 2.26. The zero-order valence-electron chi connectivity index (χ0n) is 38.8. The average Bonchev–Trinajstić information content (AvgIpc) is 3.32. The van der Waals surface area contributed by atoms with E-state index in [4.69, 9.17) is 33.2 Å². The van der Waals surface area contributed by atoms with E-state index in [1.807, 2.05) is 0 Å². The number of hydrogen-bond donors (Lipinski definition) is 4. The molecule has 0 aliphatic rings. The molecule has 17 nitrogen and oxygen atoms in total. The van der Waals surface area contributed by atoms with Crippen LogP contribution in [0.3, 0.4) is 0 Å². The Morgan fingerprint density at radius 2 is 0.554 bits per heavy atom. The second-order valence-electron chi connectivity index (χ2n) is 15.5. The van der Waals surface area contributed by atoms with Crippen LogP contribution in [-0.2, 0) is 61.9 Å². The van der Waals surface area contributed by atoms with Crippen LogP contribution >= 0.6 is 0 Å². The molecule has 0 aliphatic carbocycles. The fraction of sp³-hybridized carbons (Fsp3) is 0.625. The first-order valence-electron chi connectivity index (χ1n) is 22.4. The van der Waals surface area contributed by atoms with Gasteiger partial charge in [-0.15, -0.1) is 0 Å². The molecular weight excluding hydrogens is 841 g/mol. The van der Waals surface area contributed by atoms with Crippen molar-refractivity contribution in [1.82, 2.24) is 21.3 Å². The van der Waals surface area contributed by atoms with Gasteiger partial charge >= 0.3 is 0 Å². The molecule has 4 amide bonds. The van der Waals surface area contributed by atoms with Crippen LogP contribution in [0.2, 0.25) is 0 Å². The Morgan fingerprint density at radius 1 is 0.323 bits per heavy atom. The molecule has 0 aliphatic heterocycles. The second-order valence-corrected chi connectivity index (χ2v) is 15.5.